The molecule has 0 saturated carbocycles. The average molecular weight is 268 g/mol. The van der Waals surface area contributed by atoms with Crippen LogP contribution >= 0.6 is 0 Å². The minimum Gasteiger partial charge on any atom is -0.494 e. The van der Waals surface area contributed by atoms with E-state index >= 15 is 0 Å². The van der Waals surface area contributed by atoms with Gasteiger partial charge in [-0.3, -0.25) is 0 Å². The normalized spacial score (nSPS) is 10.7. The van der Waals surface area contributed by atoms with Crippen molar-refractivity contribution in [2.45, 2.75) is 13.3 Å². The predicted octanol–water partition coefficient (Wildman–Crippen LogP) is 4.13. The molecule has 102 valence electrons. The van der Waals surface area contributed by atoms with E-state index in [2.05, 4.69) is 16.9 Å². The summed E-state index contributed by atoms with van der Waals surface area (Å²) < 4.78 is 11.2. The lowest BCUT2D eigenvalue weighted by atomic mass is 10.0. The number of furan rings is 1. The number of benzene rings is 1. The monoisotopic (exact) mass is 268 g/mol. The van der Waals surface area contributed by atoms with Crippen molar-refractivity contribution in [3.63, 3.8) is 0 Å². The van der Waals surface area contributed by atoms with E-state index in [0.29, 0.717) is 6.61 Å². The summed E-state index contributed by atoms with van der Waals surface area (Å²) in [5.74, 6) is 2.46. The molecule has 0 aliphatic carbocycles. The van der Waals surface area contributed by atoms with E-state index in [1.807, 2.05) is 30.3 Å². The number of nitrogens with zero attached hydrogens (tertiary/aromatic N) is 1. The Labute approximate surface area is 117 Å². The van der Waals surface area contributed by atoms with Gasteiger partial charge in [0.25, 0.3) is 0 Å². The van der Waals surface area contributed by atoms with Crippen LogP contribution in [0.3, 0.4) is 0 Å². The maximum atomic E-state index is 5.69. The molecule has 0 bridgehead atoms. The first-order valence-electron chi connectivity index (χ1n) is 6.69. The number of H-pyrrole nitrogens is 1. The van der Waals surface area contributed by atoms with E-state index in [9.17, 15) is 0 Å². The molecular weight excluding hydrogens is 252 g/mol. The molecule has 0 saturated heterocycles. The zero-order valence-electron chi connectivity index (χ0n) is 11.3. The lowest BCUT2D eigenvalue weighted by molar-refractivity contribution is 0.317. The molecule has 4 nitrogen and oxygen atoms in total. The molecule has 1 aromatic carbocycles. The third-order valence-corrected chi connectivity index (χ3v) is 3.00. The quantitative estimate of drug-likeness (QED) is 0.757. The molecule has 2 aromatic heterocycles. The number of imidazole rings is 1. The second kappa shape index (κ2) is 5.65. The van der Waals surface area contributed by atoms with E-state index in [1.165, 1.54) is 0 Å². The maximum Gasteiger partial charge on any atom is 0.138 e. The lowest BCUT2D eigenvalue weighted by Crippen LogP contribution is -1.96. The summed E-state index contributed by atoms with van der Waals surface area (Å²) >= 11 is 0. The summed E-state index contributed by atoms with van der Waals surface area (Å²) in [4.78, 5) is 7.46. The number of hydrogen-bond donors (Lipinski definition) is 1. The number of hydrogen-bond acceptors (Lipinski definition) is 3. The highest BCUT2D eigenvalue weighted by Crippen LogP contribution is 2.33. The number of aromatic amines is 1. The smallest absolute Gasteiger partial charge is 0.138 e. The predicted molar refractivity (Wildman–Crippen MR) is 77.5 cm³/mol. The van der Waals surface area contributed by atoms with Gasteiger partial charge in [0, 0.05) is 23.5 Å². The number of aromatic nitrogens is 2. The van der Waals surface area contributed by atoms with Gasteiger partial charge in [0.2, 0.25) is 0 Å². The van der Waals surface area contributed by atoms with Gasteiger partial charge in [-0.15, -0.1) is 0 Å². The lowest BCUT2D eigenvalue weighted by Gasteiger charge is -2.09. The Morgan fingerprint density at radius 2 is 2.20 bits per heavy atom. The molecule has 20 heavy (non-hydrogen) atoms. The van der Waals surface area contributed by atoms with Gasteiger partial charge in [-0.05, 0) is 36.8 Å². The van der Waals surface area contributed by atoms with Crippen LogP contribution < -0.4 is 4.74 Å². The summed E-state index contributed by atoms with van der Waals surface area (Å²) in [5, 5.41) is 0. The molecule has 0 spiro atoms. The first kappa shape index (κ1) is 12.5. The van der Waals surface area contributed by atoms with Gasteiger partial charge in [-0.1, -0.05) is 6.92 Å². The fourth-order valence-corrected chi connectivity index (χ4v) is 2.09. The Morgan fingerprint density at radius 3 is 2.90 bits per heavy atom. The Morgan fingerprint density at radius 1 is 1.25 bits per heavy atom. The first-order chi connectivity index (χ1) is 9.88. The van der Waals surface area contributed by atoms with Crippen LogP contribution in [0.25, 0.3) is 22.7 Å². The minimum atomic E-state index is 0.706. The number of rotatable bonds is 5. The molecule has 0 aliphatic rings. The standard InChI is InChI=1S/C16H16N2O2/c1-2-9-19-12-5-6-13(15-4-3-10-20-15)14(11-12)16-17-7-8-18-16/h3-8,10-11H,2,9H2,1H3,(H,17,18). The molecule has 1 N–H and O–H groups in total. The molecule has 2 heterocycles. The average Bonchev–Trinajstić information content (AvgIpc) is 3.17. The third-order valence-electron chi connectivity index (χ3n) is 3.00. The molecule has 0 aliphatic heterocycles. The molecule has 0 amide bonds. The first-order valence-corrected chi connectivity index (χ1v) is 6.69. The van der Waals surface area contributed by atoms with Gasteiger partial charge in [-0.25, -0.2) is 4.98 Å². The fraction of sp³-hybridized carbons (Fsp3) is 0.188. The molecule has 0 radical (unpaired) electrons. The van der Waals surface area contributed by atoms with Crippen molar-refractivity contribution in [2.75, 3.05) is 6.61 Å². The van der Waals surface area contributed by atoms with Crippen LogP contribution in [-0.4, -0.2) is 16.6 Å². The largest absolute Gasteiger partial charge is 0.494 e. The zero-order valence-corrected chi connectivity index (χ0v) is 11.3. The fourth-order valence-electron chi connectivity index (χ4n) is 2.09. The number of ether oxygens (including phenoxy) is 1. The molecule has 3 aromatic rings. The van der Waals surface area contributed by atoms with Crippen molar-refractivity contribution in [1.82, 2.24) is 9.97 Å². The molecular formula is C16H16N2O2. The highest BCUT2D eigenvalue weighted by Gasteiger charge is 2.12. The van der Waals surface area contributed by atoms with E-state index in [-0.39, 0.29) is 0 Å². The highest BCUT2D eigenvalue weighted by atomic mass is 16.5. The van der Waals surface area contributed by atoms with Crippen LogP contribution in [-0.2, 0) is 0 Å². The van der Waals surface area contributed by atoms with Gasteiger partial charge in [0.05, 0.1) is 12.9 Å². The summed E-state index contributed by atoms with van der Waals surface area (Å²) in [6.07, 6.45) is 6.19. The summed E-state index contributed by atoms with van der Waals surface area (Å²) in [7, 11) is 0. The molecule has 4 heteroatoms. The zero-order chi connectivity index (χ0) is 13.8. The molecule has 3 rings (SSSR count). The Kier molecular flexibility index (Phi) is 3.54. The summed E-state index contributed by atoms with van der Waals surface area (Å²) in [6, 6.07) is 9.77. The minimum absolute atomic E-state index is 0.706. The Bertz CT molecular complexity index is 658. The maximum absolute atomic E-state index is 5.69. The van der Waals surface area contributed by atoms with E-state index in [0.717, 1.165) is 34.9 Å². The van der Waals surface area contributed by atoms with Crippen molar-refractivity contribution < 1.29 is 9.15 Å². The van der Waals surface area contributed by atoms with Crippen LogP contribution in [0.4, 0.5) is 0 Å². The topological polar surface area (TPSA) is 51.1 Å². The van der Waals surface area contributed by atoms with E-state index in [1.54, 1.807) is 18.7 Å². The Hall–Kier alpha value is -2.49. The van der Waals surface area contributed by atoms with Crippen molar-refractivity contribution in [3.05, 3.63) is 49.0 Å². The number of nitrogens with one attached hydrogen (secondary N) is 1. The van der Waals surface area contributed by atoms with Gasteiger partial charge < -0.3 is 14.1 Å². The molecule has 0 atom stereocenters. The second-order valence-electron chi connectivity index (χ2n) is 4.47. The van der Waals surface area contributed by atoms with Crippen LogP contribution in [0, 0.1) is 0 Å². The highest BCUT2D eigenvalue weighted by molar-refractivity contribution is 5.79. The summed E-state index contributed by atoms with van der Waals surface area (Å²) in [6.45, 7) is 2.79. The molecule has 0 unspecified atom stereocenters. The SMILES string of the molecule is CCCOc1ccc(-c2ccco2)c(-c2ncc[nH]2)c1. The van der Waals surface area contributed by atoms with Crippen LogP contribution in [0.5, 0.6) is 5.75 Å². The second-order valence-corrected chi connectivity index (χ2v) is 4.47. The van der Waals surface area contributed by atoms with E-state index < -0.39 is 0 Å². The van der Waals surface area contributed by atoms with Crippen molar-refractivity contribution in [2.24, 2.45) is 0 Å². The third kappa shape index (κ3) is 2.45. The van der Waals surface area contributed by atoms with Gasteiger partial charge in [0.15, 0.2) is 0 Å². The van der Waals surface area contributed by atoms with Crippen molar-refractivity contribution in [3.8, 4) is 28.5 Å². The van der Waals surface area contributed by atoms with Gasteiger partial charge in [0.1, 0.15) is 17.3 Å². The van der Waals surface area contributed by atoms with Crippen molar-refractivity contribution in [1.29, 1.82) is 0 Å². The van der Waals surface area contributed by atoms with E-state index in [4.69, 9.17) is 9.15 Å². The van der Waals surface area contributed by atoms with Crippen LogP contribution in [0.1, 0.15) is 13.3 Å². The van der Waals surface area contributed by atoms with Crippen LogP contribution in [0.15, 0.2) is 53.4 Å². The van der Waals surface area contributed by atoms with Crippen molar-refractivity contribution >= 4 is 0 Å². The van der Waals surface area contributed by atoms with Gasteiger partial charge >= 0.3 is 0 Å². The van der Waals surface area contributed by atoms with Gasteiger partial charge in [-0.2, -0.15) is 0 Å². The molecule has 0 fully saturated rings. The van der Waals surface area contributed by atoms with Crippen LogP contribution in [0.2, 0.25) is 0 Å². The summed E-state index contributed by atoms with van der Waals surface area (Å²) in [5.41, 5.74) is 1.97. The Balaban J connectivity index is 2.06.